The van der Waals surface area contributed by atoms with E-state index >= 15 is 0 Å². The summed E-state index contributed by atoms with van der Waals surface area (Å²) < 4.78 is 5.05. The van der Waals surface area contributed by atoms with E-state index in [9.17, 15) is 4.79 Å². The third-order valence-electron chi connectivity index (χ3n) is 4.35. The summed E-state index contributed by atoms with van der Waals surface area (Å²) in [6.45, 7) is 0. The van der Waals surface area contributed by atoms with Gasteiger partial charge in [-0.25, -0.2) is 4.79 Å². The summed E-state index contributed by atoms with van der Waals surface area (Å²) in [5.41, 5.74) is 3.72. The summed E-state index contributed by atoms with van der Waals surface area (Å²) in [4.78, 5) is 17.4. The van der Waals surface area contributed by atoms with Gasteiger partial charge in [0, 0.05) is 17.5 Å². The van der Waals surface area contributed by atoms with Crippen molar-refractivity contribution in [3.8, 4) is 0 Å². The van der Waals surface area contributed by atoms with Crippen LogP contribution in [0.2, 0.25) is 0 Å². The summed E-state index contributed by atoms with van der Waals surface area (Å²) in [6.07, 6.45) is 14.3. The van der Waals surface area contributed by atoms with E-state index in [0.717, 1.165) is 22.4 Å². The fraction of sp³-hybridized carbons (Fsp3) is 0.120. The molecule has 1 aliphatic rings. The molecule has 0 amide bonds. The Kier molecular flexibility index (Phi) is 6.91. The number of carbonyl (C=O) groups is 1. The van der Waals surface area contributed by atoms with Crippen LogP contribution in [0.25, 0.3) is 0 Å². The van der Waals surface area contributed by atoms with Crippen LogP contribution in [0.5, 0.6) is 0 Å². The van der Waals surface area contributed by atoms with Crippen molar-refractivity contribution in [2.24, 2.45) is 4.99 Å². The number of hydrogen-bond acceptors (Lipinski definition) is 3. The first kappa shape index (κ1) is 19.3. The third-order valence-corrected chi connectivity index (χ3v) is 4.35. The summed E-state index contributed by atoms with van der Waals surface area (Å²) >= 11 is 0. The van der Waals surface area contributed by atoms with Crippen LogP contribution in [0.1, 0.15) is 17.5 Å². The van der Waals surface area contributed by atoms with Crippen LogP contribution in [0.15, 0.2) is 114 Å². The molecule has 3 rings (SSSR count). The first-order valence-electron chi connectivity index (χ1n) is 9.25. The van der Waals surface area contributed by atoms with Gasteiger partial charge in [0.25, 0.3) is 0 Å². The average molecular weight is 369 g/mol. The predicted octanol–water partition coefficient (Wildman–Crippen LogP) is 5.06. The van der Waals surface area contributed by atoms with Gasteiger partial charge in [-0.15, -0.1) is 0 Å². The van der Waals surface area contributed by atoms with Crippen molar-refractivity contribution in [2.75, 3.05) is 7.11 Å². The summed E-state index contributed by atoms with van der Waals surface area (Å²) in [5.74, 6) is -0.347. The first-order valence-corrected chi connectivity index (χ1v) is 9.25. The molecule has 2 aromatic rings. The van der Waals surface area contributed by atoms with E-state index in [4.69, 9.17) is 9.73 Å². The number of aliphatic imine (C=N–C) groups is 1. The quantitative estimate of drug-likeness (QED) is 0.527. The predicted molar refractivity (Wildman–Crippen MR) is 114 cm³/mol. The van der Waals surface area contributed by atoms with E-state index in [1.807, 2.05) is 103 Å². The van der Waals surface area contributed by atoms with E-state index in [1.165, 1.54) is 7.11 Å². The Labute approximate surface area is 166 Å². The Morgan fingerprint density at radius 1 is 0.857 bits per heavy atom. The number of esters is 1. The minimum absolute atomic E-state index is 0.347. The second-order valence-electron chi connectivity index (χ2n) is 6.32. The molecule has 0 aromatic heterocycles. The molecule has 0 bridgehead atoms. The molecule has 0 aliphatic heterocycles. The van der Waals surface area contributed by atoms with E-state index in [2.05, 4.69) is 0 Å². The molecule has 0 saturated carbocycles. The molecule has 1 unspecified atom stereocenters. The number of methoxy groups -OCH3 is 1. The van der Waals surface area contributed by atoms with Crippen molar-refractivity contribution in [2.45, 2.75) is 12.5 Å². The molecule has 0 radical (unpaired) electrons. The molecule has 1 atom stereocenters. The number of ether oxygens (including phenoxy) is 1. The first-order chi connectivity index (χ1) is 13.8. The highest BCUT2D eigenvalue weighted by molar-refractivity contribution is 6.13. The highest BCUT2D eigenvalue weighted by Gasteiger charge is 2.21. The number of rotatable bonds is 6. The summed E-state index contributed by atoms with van der Waals surface area (Å²) in [7, 11) is 1.40. The molecular formula is C25H23NO2. The van der Waals surface area contributed by atoms with Gasteiger partial charge in [-0.2, -0.15) is 0 Å². The lowest BCUT2D eigenvalue weighted by Gasteiger charge is -2.15. The van der Waals surface area contributed by atoms with Crippen molar-refractivity contribution in [3.05, 3.63) is 120 Å². The zero-order valence-electron chi connectivity index (χ0n) is 15.9. The number of hydrogen-bond donors (Lipinski definition) is 0. The van der Waals surface area contributed by atoms with Crippen LogP contribution < -0.4 is 0 Å². The minimum atomic E-state index is -0.631. The highest BCUT2D eigenvalue weighted by Crippen LogP contribution is 2.18. The van der Waals surface area contributed by atoms with Gasteiger partial charge < -0.3 is 4.74 Å². The van der Waals surface area contributed by atoms with Crippen LogP contribution in [0, 0.1) is 0 Å². The lowest BCUT2D eigenvalue weighted by atomic mass is 10.00. The molecule has 1 aliphatic carbocycles. The Hall–Kier alpha value is -3.46. The molecule has 2 aromatic carbocycles. The standard InChI is InChI=1S/C25H23NO2/c1-28-25(27)23(19-20-13-7-3-2-4-8-14-20)26-24(21-15-9-5-10-16-21)22-17-11-6-12-18-22/h2-18,23H,19H2,1H3/b3-2-,4-2?,7-3?,8-4-,13-7-,14-8?,20-13?,20-14+. The van der Waals surface area contributed by atoms with Crippen molar-refractivity contribution >= 4 is 11.7 Å². The zero-order chi connectivity index (χ0) is 19.6. The average Bonchev–Trinajstić information content (AvgIpc) is 2.73. The van der Waals surface area contributed by atoms with Gasteiger partial charge in [0.05, 0.1) is 12.8 Å². The number of nitrogens with zero attached hydrogens (tertiary/aromatic N) is 1. The largest absolute Gasteiger partial charge is 0.467 e. The van der Waals surface area contributed by atoms with E-state index in [-0.39, 0.29) is 5.97 Å². The van der Waals surface area contributed by atoms with Crippen LogP contribution in [0.3, 0.4) is 0 Å². The van der Waals surface area contributed by atoms with Crippen LogP contribution in [-0.2, 0) is 9.53 Å². The van der Waals surface area contributed by atoms with E-state index in [0.29, 0.717) is 6.42 Å². The molecular weight excluding hydrogens is 346 g/mol. The minimum Gasteiger partial charge on any atom is -0.467 e. The van der Waals surface area contributed by atoms with Crippen molar-refractivity contribution in [1.29, 1.82) is 0 Å². The zero-order valence-corrected chi connectivity index (χ0v) is 15.9. The fourth-order valence-electron chi connectivity index (χ4n) is 2.95. The van der Waals surface area contributed by atoms with Crippen molar-refractivity contribution < 1.29 is 9.53 Å². The lowest BCUT2D eigenvalue weighted by molar-refractivity contribution is -0.142. The van der Waals surface area contributed by atoms with Gasteiger partial charge in [0.2, 0.25) is 0 Å². The van der Waals surface area contributed by atoms with Crippen LogP contribution >= 0.6 is 0 Å². The maximum Gasteiger partial charge on any atom is 0.330 e. The molecule has 0 N–H and O–H groups in total. The van der Waals surface area contributed by atoms with Crippen LogP contribution in [0.4, 0.5) is 0 Å². The monoisotopic (exact) mass is 369 g/mol. The molecule has 0 saturated heterocycles. The SMILES string of the molecule is COC(=O)C(CC1=C/C=C\C=C/C=C\1)N=C(c1ccccc1)c1ccccc1. The van der Waals surface area contributed by atoms with Gasteiger partial charge in [-0.05, 0) is 5.57 Å². The Balaban J connectivity index is 2.01. The molecule has 3 nitrogen and oxygen atoms in total. The number of carbonyl (C=O) groups excluding carboxylic acids is 1. The second-order valence-corrected chi connectivity index (χ2v) is 6.32. The Morgan fingerprint density at radius 2 is 1.43 bits per heavy atom. The Bertz CT molecular complexity index is 894. The smallest absolute Gasteiger partial charge is 0.330 e. The molecule has 28 heavy (non-hydrogen) atoms. The van der Waals surface area contributed by atoms with Gasteiger partial charge in [-0.1, -0.05) is 103 Å². The fourth-order valence-corrected chi connectivity index (χ4v) is 2.95. The molecule has 3 heteroatoms. The van der Waals surface area contributed by atoms with Gasteiger partial charge in [0.1, 0.15) is 0 Å². The van der Waals surface area contributed by atoms with Crippen LogP contribution in [-0.4, -0.2) is 24.8 Å². The molecule has 0 heterocycles. The number of benzene rings is 2. The summed E-state index contributed by atoms with van der Waals surface area (Å²) in [5, 5.41) is 0. The van der Waals surface area contributed by atoms with E-state index < -0.39 is 6.04 Å². The normalized spacial score (nSPS) is 19.1. The maximum atomic E-state index is 12.5. The molecule has 0 spiro atoms. The van der Waals surface area contributed by atoms with Gasteiger partial charge in [0.15, 0.2) is 6.04 Å². The summed E-state index contributed by atoms with van der Waals surface area (Å²) in [6, 6.07) is 19.2. The molecule has 140 valence electrons. The van der Waals surface area contributed by atoms with Crippen molar-refractivity contribution in [1.82, 2.24) is 0 Å². The molecule has 0 fully saturated rings. The second kappa shape index (κ2) is 10.0. The van der Waals surface area contributed by atoms with Crippen molar-refractivity contribution in [3.63, 3.8) is 0 Å². The van der Waals surface area contributed by atoms with E-state index in [1.54, 1.807) is 0 Å². The number of allylic oxidation sites excluding steroid dienone is 7. The lowest BCUT2D eigenvalue weighted by Crippen LogP contribution is -2.23. The van der Waals surface area contributed by atoms with Gasteiger partial charge in [-0.3, -0.25) is 4.99 Å². The third kappa shape index (κ3) is 5.27. The Morgan fingerprint density at radius 3 is 2.04 bits per heavy atom. The van der Waals surface area contributed by atoms with Gasteiger partial charge >= 0.3 is 5.97 Å². The highest BCUT2D eigenvalue weighted by atomic mass is 16.5. The maximum absolute atomic E-state index is 12.5. The topological polar surface area (TPSA) is 38.7 Å².